The predicted molar refractivity (Wildman–Crippen MR) is 32.7 cm³/mol. The van der Waals surface area contributed by atoms with Crippen molar-refractivity contribution in [3.63, 3.8) is 0 Å². The maximum atomic E-state index is 9.84. The molecule has 5 heteroatoms. The first kappa shape index (κ1) is 8.35. The Morgan fingerprint density at radius 3 is 2.56 bits per heavy atom. The van der Waals surface area contributed by atoms with E-state index in [1.165, 1.54) is 0 Å². The van der Waals surface area contributed by atoms with Crippen LogP contribution in [0.25, 0.3) is 0 Å². The number of nitrogens with one attached hydrogen (secondary N) is 1. The van der Waals surface area contributed by atoms with Gasteiger partial charge >= 0.3 is 5.97 Å². The molecule has 0 radical (unpaired) electrons. The van der Waals surface area contributed by atoms with E-state index in [2.05, 4.69) is 5.32 Å². The molecule has 0 aromatic carbocycles. The van der Waals surface area contributed by atoms with Crippen molar-refractivity contribution in [2.24, 2.45) is 11.5 Å². The molecule has 0 aliphatic rings. The number of carboxylic acid groups (broad SMARTS) is 1. The second-order valence-electron chi connectivity index (χ2n) is 1.69. The van der Waals surface area contributed by atoms with Gasteiger partial charge in [0.25, 0.3) is 0 Å². The average Bonchev–Trinajstić information content (AvgIpc) is 1.63. The molecule has 0 heterocycles. The van der Waals surface area contributed by atoms with Crippen LogP contribution in [0, 0.1) is 0 Å². The van der Waals surface area contributed by atoms with Gasteiger partial charge in [-0.25, -0.2) is 0 Å². The van der Waals surface area contributed by atoms with Crippen LogP contribution < -0.4 is 16.8 Å². The lowest BCUT2D eigenvalue weighted by Crippen LogP contribution is -2.42. The number of carboxylic acids is 1. The fourth-order valence-corrected chi connectivity index (χ4v) is 0.346. The van der Waals surface area contributed by atoms with Gasteiger partial charge in [-0.05, 0) is 0 Å². The summed E-state index contributed by atoms with van der Waals surface area (Å²) >= 11 is 0. The van der Waals surface area contributed by atoms with Gasteiger partial charge in [-0.15, -0.1) is 0 Å². The number of rotatable bonds is 4. The van der Waals surface area contributed by atoms with E-state index in [4.69, 9.17) is 16.6 Å². The van der Waals surface area contributed by atoms with Gasteiger partial charge in [0.1, 0.15) is 0 Å². The molecule has 0 unspecified atom stereocenters. The van der Waals surface area contributed by atoms with Crippen LogP contribution in [0.5, 0.6) is 0 Å². The highest BCUT2D eigenvalue weighted by molar-refractivity contribution is 5.68. The van der Waals surface area contributed by atoms with Crippen molar-refractivity contribution in [2.45, 2.75) is 6.17 Å². The maximum absolute atomic E-state index is 9.84. The molecular weight excluding hydrogens is 122 g/mol. The molecule has 0 spiro atoms. The molecule has 6 N–H and O–H groups in total. The molecule has 0 amide bonds. The average molecular weight is 133 g/mol. The third-order valence-electron chi connectivity index (χ3n) is 0.656. The van der Waals surface area contributed by atoms with Crippen LogP contribution >= 0.6 is 0 Å². The van der Waals surface area contributed by atoms with E-state index in [-0.39, 0.29) is 6.54 Å². The number of hydrogen-bond acceptors (Lipinski definition) is 4. The molecule has 54 valence electrons. The normalized spacial score (nSPS) is 10.1. The minimum absolute atomic E-state index is 0.0924. The number of hydrogen-bond donors (Lipinski definition) is 4. The van der Waals surface area contributed by atoms with Crippen molar-refractivity contribution >= 4 is 5.97 Å². The largest absolute Gasteiger partial charge is 0.480 e. The lowest BCUT2D eigenvalue weighted by Gasteiger charge is -2.03. The van der Waals surface area contributed by atoms with Gasteiger partial charge in [0, 0.05) is 6.54 Å². The zero-order valence-electron chi connectivity index (χ0n) is 5.00. The van der Waals surface area contributed by atoms with E-state index >= 15 is 0 Å². The molecule has 0 aliphatic heterocycles. The van der Waals surface area contributed by atoms with Gasteiger partial charge in [-0.1, -0.05) is 0 Å². The molecule has 9 heavy (non-hydrogen) atoms. The lowest BCUT2D eigenvalue weighted by molar-refractivity contribution is -0.135. The molecule has 0 bridgehead atoms. The first-order valence-corrected chi connectivity index (χ1v) is 2.56. The summed E-state index contributed by atoms with van der Waals surface area (Å²) in [5, 5.41) is 10.6. The van der Waals surface area contributed by atoms with Crippen molar-refractivity contribution in [1.29, 1.82) is 0 Å². The van der Waals surface area contributed by atoms with Crippen LogP contribution in [0.1, 0.15) is 0 Å². The van der Waals surface area contributed by atoms with E-state index in [0.29, 0.717) is 6.54 Å². The third kappa shape index (κ3) is 7.35. The van der Waals surface area contributed by atoms with Gasteiger partial charge in [0.2, 0.25) is 0 Å². The topological polar surface area (TPSA) is 101 Å². The van der Waals surface area contributed by atoms with Crippen LogP contribution in [0.4, 0.5) is 0 Å². The van der Waals surface area contributed by atoms with Crippen molar-refractivity contribution < 1.29 is 9.90 Å². The summed E-state index contributed by atoms with van der Waals surface area (Å²) in [5.74, 6) is -0.907. The molecule has 0 saturated heterocycles. The van der Waals surface area contributed by atoms with Crippen LogP contribution in [0.15, 0.2) is 0 Å². The first-order valence-electron chi connectivity index (χ1n) is 2.56. The van der Waals surface area contributed by atoms with E-state index < -0.39 is 12.1 Å². The molecular formula is C4H11N3O2. The van der Waals surface area contributed by atoms with Crippen LogP contribution in [-0.4, -0.2) is 30.3 Å². The van der Waals surface area contributed by atoms with Gasteiger partial charge in [-0.2, -0.15) is 0 Å². The Balaban J connectivity index is 3.01. The van der Waals surface area contributed by atoms with E-state index in [1.54, 1.807) is 0 Å². The van der Waals surface area contributed by atoms with Crippen molar-refractivity contribution in [3.8, 4) is 0 Å². The molecule has 0 aromatic heterocycles. The highest BCUT2D eigenvalue weighted by atomic mass is 16.4. The maximum Gasteiger partial charge on any atom is 0.317 e. The quantitative estimate of drug-likeness (QED) is 0.329. The Morgan fingerprint density at radius 2 is 2.22 bits per heavy atom. The number of aliphatic carboxylic acids is 1. The summed E-state index contributed by atoms with van der Waals surface area (Å²) in [6.07, 6.45) is -0.482. The van der Waals surface area contributed by atoms with Gasteiger partial charge in [0.15, 0.2) is 0 Å². The fourth-order valence-electron chi connectivity index (χ4n) is 0.346. The zero-order chi connectivity index (χ0) is 7.28. The van der Waals surface area contributed by atoms with E-state index in [1.807, 2.05) is 0 Å². The molecule has 0 aliphatic carbocycles. The highest BCUT2D eigenvalue weighted by Gasteiger charge is 1.95. The van der Waals surface area contributed by atoms with Crippen molar-refractivity contribution in [2.75, 3.05) is 13.1 Å². The smallest absolute Gasteiger partial charge is 0.317 e. The summed E-state index contributed by atoms with van der Waals surface area (Å²) in [7, 11) is 0. The molecule has 5 nitrogen and oxygen atoms in total. The van der Waals surface area contributed by atoms with Crippen molar-refractivity contribution in [1.82, 2.24) is 5.32 Å². The second-order valence-corrected chi connectivity index (χ2v) is 1.69. The minimum atomic E-state index is -0.907. The second kappa shape index (κ2) is 4.25. The third-order valence-corrected chi connectivity index (χ3v) is 0.656. The number of nitrogens with two attached hydrogens (primary N) is 2. The van der Waals surface area contributed by atoms with Gasteiger partial charge in [-0.3, -0.25) is 4.79 Å². The Kier molecular flexibility index (Phi) is 3.94. The van der Waals surface area contributed by atoms with E-state index in [0.717, 1.165) is 0 Å². The summed E-state index contributed by atoms with van der Waals surface area (Å²) in [6.45, 7) is 0.233. The summed E-state index contributed by atoms with van der Waals surface area (Å²) in [5.41, 5.74) is 10.2. The van der Waals surface area contributed by atoms with Crippen LogP contribution in [-0.2, 0) is 4.79 Å². The van der Waals surface area contributed by atoms with E-state index in [9.17, 15) is 4.79 Å². The SMILES string of the molecule is NC(N)CNCC(=O)O. The predicted octanol–water partition coefficient (Wildman–Crippen LogP) is -2.10. The first-order chi connectivity index (χ1) is 4.13. The van der Waals surface area contributed by atoms with Crippen LogP contribution in [0.2, 0.25) is 0 Å². The molecule has 0 fully saturated rings. The Hall–Kier alpha value is -0.650. The monoisotopic (exact) mass is 133 g/mol. The zero-order valence-corrected chi connectivity index (χ0v) is 5.00. The molecule has 0 atom stereocenters. The lowest BCUT2D eigenvalue weighted by atomic mass is 10.5. The highest BCUT2D eigenvalue weighted by Crippen LogP contribution is 1.61. The van der Waals surface area contributed by atoms with Gasteiger partial charge in [0.05, 0.1) is 12.7 Å². The molecule has 0 aromatic rings. The Bertz CT molecular complexity index is 93.8. The summed E-state index contributed by atoms with van der Waals surface area (Å²) in [4.78, 5) is 9.84. The summed E-state index contributed by atoms with van der Waals surface area (Å²) < 4.78 is 0. The Labute approximate surface area is 53.0 Å². The number of carbonyl (C=O) groups is 1. The standard InChI is InChI=1S/C4H11N3O2/c5-3(6)1-7-2-4(8)9/h3,7H,1-2,5-6H2,(H,8,9). The van der Waals surface area contributed by atoms with Gasteiger partial charge < -0.3 is 21.9 Å². The molecule has 0 rings (SSSR count). The minimum Gasteiger partial charge on any atom is -0.480 e. The van der Waals surface area contributed by atoms with Crippen LogP contribution in [0.3, 0.4) is 0 Å². The summed E-state index contributed by atoms with van der Waals surface area (Å²) in [6, 6.07) is 0. The molecule has 0 saturated carbocycles. The van der Waals surface area contributed by atoms with Crippen molar-refractivity contribution in [3.05, 3.63) is 0 Å². The fraction of sp³-hybridized carbons (Fsp3) is 0.750. The Morgan fingerprint density at radius 1 is 1.67 bits per heavy atom.